The molecule has 0 spiro atoms. The van der Waals surface area contributed by atoms with E-state index >= 15 is 0 Å². The van der Waals surface area contributed by atoms with Gasteiger partial charge in [0.15, 0.2) is 5.78 Å². The summed E-state index contributed by atoms with van der Waals surface area (Å²) < 4.78 is 18.0. The molecule has 0 bridgehead atoms. The Labute approximate surface area is 230 Å². The molecule has 2 aromatic carbocycles. The normalized spacial score (nSPS) is 11.1. The maximum Gasteiger partial charge on any atom is 0.196 e. The molecule has 38 heavy (non-hydrogen) atoms. The van der Waals surface area contributed by atoms with E-state index in [1.807, 2.05) is 25.1 Å². The Hall–Kier alpha value is -2.37. The number of unbranched alkanes of at least 4 members (excludes halogenated alkanes) is 9. The summed E-state index contributed by atoms with van der Waals surface area (Å²) in [5.74, 6) is 0.306. The van der Waals surface area contributed by atoms with Gasteiger partial charge in [0.1, 0.15) is 11.5 Å². The third-order valence-electron chi connectivity index (χ3n) is 6.65. The van der Waals surface area contributed by atoms with Crippen molar-refractivity contribution in [3.8, 4) is 11.5 Å². The SMILES string of the molecule is CCCCCCCCCCCCOc1c(COCCC)cc(C(=O)c2ccccc2)c(O)c1COCCC. The van der Waals surface area contributed by atoms with Crippen LogP contribution in [0.3, 0.4) is 0 Å². The predicted molar refractivity (Wildman–Crippen MR) is 155 cm³/mol. The van der Waals surface area contributed by atoms with Crippen LogP contribution in [0.4, 0.5) is 0 Å². The second-order valence-electron chi connectivity index (χ2n) is 10.1. The summed E-state index contributed by atoms with van der Waals surface area (Å²) in [5.41, 5.74) is 2.09. The van der Waals surface area contributed by atoms with Gasteiger partial charge in [-0.05, 0) is 25.3 Å². The number of ketones is 1. The number of aromatic hydroxyl groups is 1. The van der Waals surface area contributed by atoms with Crippen LogP contribution in [0.1, 0.15) is 125 Å². The molecule has 0 saturated carbocycles. The molecule has 0 aliphatic carbocycles. The summed E-state index contributed by atoms with van der Waals surface area (Å²) in [6, 6.07) is 10.8. The van der Waals surface area contributed by atoms with Crippen LogP contribution in [0, 0.1) is 0 Å². The van der Waals surface area contributed by atoms with Crippen LogP contribution in [-0.2, 0) is 22.7 Å². The number of carbonyl (C=O) groups excluding carboxylic acids is 1. The molecule has 0 amide bonds. The molecule has 2 rings (SSSR count). The van der Waals surface area contributed by atoms with E-state index in [9.17, 15) is 9.90 Å². The molecule has 1 N–H and O–H groups in total. The fourth-order valence-corrected chi connectivity index (χ4v) is 4.52. The Morgan fingerprint density at radius 2 is 1.29 bits per heavy atom. The fourth-order valence-electron chi connectivity index (χ4n) is 4.52. The van der Waals surface area contributed by atoms with Crippen LogP contribution in [0.25, 0.3) is 0 Å². The lowest BCUT2D eigenvalue weighted by Gasteiger charge is -2.20. The van der Waals surface area contributed by atoms with E-state index in [2.05, 4.69) is 13.8 Å². The quantitative estimate of drug-likeness (QED) is 0.123. The molecule has 5 heteroatoms. The van der Waals surface area contributed by atoms with Gasteiger partial charge in [-0.3, -0.25) is 4.79 Å². The molecule has 212 valence electrons. The molecule has 2 aromatic rings. The molecular weight excluding hydrogens is 476 g/mol. The highest BCUT2D eigenvalue weighted by Crippen LogP contribution is 2.38. The second kappa shape index (κ2) is 19.7. The molecule has 0 aliphatic rings. The van der Waals surface area contributed by atoms with Crippen molar-refractivity contribution in [1.82, 2.24) is 0 Å². The molecule has 0 aromatic heterocycles. The number of rotatable bonds is 22. The zero-order chi connectivity index (χ0) is 27.4. The largest absolute Gasteiger partial charge is 0.507 e. The molecular formula is C33H50O5. The van der Waals surface area contributed by atoms with Crippen LogP contribution in [0.15, 0.2) is 36.4 Å². The monoisotopic (exact) mass is 526 g/mol. The summed E-state index contributed by atoms with van der Waals surface area (Å²) in [5, 5.41) is 11.3. The van der Waals surface area contributed by atoms with Gasteiger partial charge in [0.2, 0.25) is 0 Å². The van der Waals surface area contributed by atoms with Gasteiger partial charge in [-0.15, -0.1) is 0 Å². The molecule has 0 unspecified atom stereocenters. The smallest absolute Gasteiger partial charge is 0.196 e. The van der Waals surface area contributed by atoms with Crippen molar-refractivity contribution in [2.24, 2.45) is 0 Å². The van der Waals surface area contributed by atoms with E-state index in [0.717, 1.165) is 31.2 Å². The number of benzene rings is 2. The molecule has 5 nitrogen and oxygen atoms in total. The molecule has 0 heterocycles. The number of hydrogen-bond donors (Lipinski definition) is 1. The van der Waals surface area contributed by atoms with Crippen molar-refractivity contribution in [1.29, 1.82) is 0 Å². The predicted octanol–water partition coefficient (Wildman–Crippen LogP) is 8.78. The summed E-state index contributed by atoms with van der Waals surface area (Å²) in [4.78, 5) is 13.3. The zero-order valence-electron chi connectivity index (χ0n) is 24.1. The van der Waals surface area contributed by atoms with Crippen LogP contribution in [-0.4, -0.2) is 30.7 Å². The molecule has 0 atom stereocenters. The van der Waals surface area contributed by atoms with Crippen LogP contribution in [0.5, 0.6) is 11.5 Å². The van der Waals surface area contributed by atoms with Crippen molar-refractivity contribution < 1.29 is 24.1 Å². The standard InChI is InChI=1S/C33H50O5/c1-4-7-8-9-10-11-12-13-14-18-23-38-33-28(25-36-21-5-2)24-29(31(34)27-19-16-15-17-20-27)32(35)30(33)26-37-22-6-3/h15-17,19-20,24,35H,4-14,18,21-23,25-26H2,1-3H3. The minimum Gasteiger partial charge on any atom is -0.507 e. The van der Waals surface area contributed by atoms with Gasteiger partial charge in [0.25, 0.3) is 0 Å². The first-order valence-electron chi connectivity index (χ1n) is 14.9. The first-order valence-corrected chi connectivity index (χ1v) is 14.9. The molecule has 0 saturated heterocycles. The van der Waals surface area contributed by atoms with Gasteiger partial charge in [-0.25, -0.2) is 0 Å². The number of carbonyl (C=O) groups is 1. The summed E-state index contributed by atoms with van der Waals surface area (Å²) >= 11 is 0. The summed E-state index contributed by atoms with van der Waals surface area (Å²) in [6.07, 6.45) is 14.3. The minimum atomic E-state index is -0.224. The first kappa shape index (κ1) is 31.8. The van der Waals surface area contributed by atoms with Crippen molar-refractivity contribution in [2.45, 2.75) is 111 Å². The van der Waals surface area contributed by atoms with E-state index in [0.29, 0.717) is 43.3 Å². The summed E-state index contributed by atoms with van der Waals surface area (Å²) in [6.45, 7) is 8.60. The third kappa shape index (κ3) is 11.2. The van der Waals surface area contributed by atoms with Crippen molar-refractivity contribution in [2.75, 3.05) is 19.8 Å². The Balaban J connectivity index is 2.12. The maximum absolute atomic E-state index is 13.3. The zero-order valence-corrected chi connectivity index (χ0v) is 24.1. The van der Waals surface area contributed by atoms with E-state index in [1.165, 1.54) is 51.4 Å². The van der Waals surface area contributed by atoms with Gasteiger partial charge < -0.3 is 19.3 Å². The lowest BCUT2D eigenvalue weighted by Crippen LogP contribution is -2.11. The Bertz CT molecular complexity index is 909. The van der Waals surface area contributed by atoms with Gasteiger partial charge >= 0.3 is 0 Å². The van der Waals surface area contributed by atoms with E-state index in [-0.39, 0.29) is 23.7 Å². The highest BCUT2D eigenvalue weighted by molar-refractivity contribution is 6.11. The third-order valence-corrected chi connectivity index (χ3v) is 6.65. The average molecular weight is 527 g/mol. The maximum atomic E-state index is 13.3. The van der Waals surface area contributed by atoms with Gasteiger partial charge in [-0.1, -0.05) is 109 Å². The lowest BCUT2D eigenvalue weighted by atomic mass is 9.96. The van der Waals surface area contributed by atoms with Crippen molar-refractivity contribution in [3.05, 3.63) is 58.7 Å². The second-order valence-corrected chi connectivity index (χ2v) is 10.1. The number of ether oxygens (including phenoxy) is 3. The Morgan fingerprint density at radius 1 is 0.711 bits per heavy atom. The van der Waals surface area contributed by atoms with Gasteiger partial charge in [0, 0.05) is 24.3 Å². The minimum absolute atomic E-state index is 0.0627. The first-order chi connectivity index (χ1) is 18.6. The van der Waals surface area contributed by atoms with E-state index < -0.39 is 0 Å². The molecule has 0 aliphatic heterocycles. The van der Waals surface area contributed by atoms with Gasteiger partial charge in [0.05, 0.1) is 30.9 Å². The Morgan fingerprint density at radius 3 is 1.89 bits per heavy atom. The van der Waals surface area contributed by atoms with Crippen LogP contribution in [0.2, 0.25) is 0 Å². The van der Waals surface area contributed by atoms with Gasteiger partial charge in [-0.2, -0.15) is 0 Å². The van der Waals surface area contributed by atoms with E-state index in [4.69, 9.17) is 14.2 Å². The van der Waals surface area contributed by atoms with Crippen LogP contribution < -0.4 is 4.74 Å². The summed E-state index contributed by atoms with van der Waals surface area (Å²) in [7, 11) is 0. The fraction of sp³-hybridized carbons (Fsp3) is 0.606. The number of phenolic OH excluding ortho intramolecular Hbond substituents is 1. The lowest BCUT2D eigenvalue weighted by molar-refractivity contribution is 0.102. The highest BCUT2D eigenvalue weighted by atomic mass is 16.5. The van der Waals surface area contributed by atoms with Crippen molar-refractivity contribution >= 4 is 5.78 Å². The topological polar surface area (TPSA) is 65.0 Å². The number of phenols is 1. The molecule has 0 fully saturated rings. The molecule has 0 radical (unpaired) electrons. The average Bonchev–Trinajstić information content (AvgIpc) is 2.94. The van der Waals surface area contributed by atoms with Crippen LogP contribution >= 0.6 is 0 Å². The highest BCUT2D eigenvalue weighted by Gasteiger charge is 2.24. The van der Waals surface area contributed by atoms with Crippen molar-refractivity contribution in [3.63, 3.8) is 0 Å². The Kier molecular flexibility index (Phi) is 16.5. The number of hydrogen-bond acceptors (Lipinski definition) is 5. The van der Waals surface area contributed by atoms with E-state index in [1.54, 1.807) is 18.2 Å².